The van der Waals surface area contributed by atoms with Crippen molar-refractivity contribution in [2.45, 2.75) is 39.7 Å². The second kappa shape index (κ2) is 6.78. The van der Waals surface area contributed by atoms with Crippen molar-refractivity contribution in [2.24, 2.45) is 11.8 Å². The van der Waals surface area contributed by atoms with E-state index in [1.165, 1.54) is 5.69 Å². The van der Waals surface area contributed by atoms with Gasteiger partial charge in [-0.15, -0.1) is 0 Å². The van der Waals surface area contributed by atoms with Gasteiger partial charge in [0.15, 0.2) is 0 Å². The second-order valence-electron chi connectivity index (χ2n) is 6.11. The number of para-hydroxylation sites is 1. The van der Waals surface area contributed by atoms with Crippen LogP contribution >= 0.6 is 0 Å². The number of anilines is 1. The predicted molar refractivity (Wildman–Crippen MR) is 83.8 cm³/mol. The molecule has 0 aromatic heterocycles. The monoisotopic (exact) mass is 274 g/mol. The standard InChI is InChI=1S/C17H26N2O/c1-4-14-10-15(18-17(20)13(2)3)12-19(11-14)16-8-6-5-7-9-16/h5-9,13-15H,4,10-12H2,1-3H3,(H,18,20). The van der Waals surface area contributed by atoms with Crippen molar-refractivity contribution in [1.29, 1.82) is 0 Å². The average molecular weight is 274 g/mol. The fraction of sp³-hybridized carbons (Fsp3) is 0.588. The van der Waals surface area contributed by atoms with E-state index in [4.69, 9.17) is 0 Å². The lowest BCUT2D eigenvalue weighted by atomic mass is 9.91. The molecule has 1 saturated heterocycles. The normalized spacial score (nSPS) is 22.9. The van der Waals surface area contributed by atoms with Crippen LogP contribution in [0.2, 0.25) is 0 Å². The predicted octanol–water partition coefficient (Wildman–Crippen LogP) is 3.06. The van der Waals surface area contributed by atoms with Gasteiger partial charge in [0.1, 0.15) is 0 Å². The van der Waals surface area contributed by atoms with Crippen LogP contribution in [0.5, 0.6) is 0 Å². The van der Waals surface area contributed by atoms with Gasteiger partial charge in [0.05, 0.1) is 0 Å². The number of benzene rings is 1. The van der Waals surface area contributed by atoms with Crippen molar-refractivity contribution in [3.63, 3.8) is 0 Å². The molecular weight excluding hydrogens is 248 g/mol. The zero-order valence-electron chi connectivity index (χ0n) is 12.8. The molecule has 110 valence electrons. The Labute approximate surface area is 122 Å². The molecular formula is C17H26N2O. The number of carbonyl (C=O) groups is 1. The molecule has 2 atom stereocenters. The molecule has 1 amide bonds. The third kappa shape index (κ3) is 3.75. The van der Waals surface area contributed by atoms with Gasteiger partial charge in [-0.05, 0) is 24.5 Å². The molecule has 2 rings (SSSR count). The van der Waals surface area contributed by atoms with Crippen molar-refractivity contribution in [3.05, 3.63) is 30.3 Å². The molecule has 0 bridgehead atoms. The minimum absolute atomic E-state index is 0.0576. The molecule has 1 aliphatic rings. The molecule has 2 unspecified atom stereocenters. The summed E-state index contributed by atoms with van der Waals surface area (Å²) in [6.45, 7) is 8.14. The van der Waals surface area contributed by atoms with Crippen LogP contribution < -0.4 is 10.2 Å². The molecule has 20 heavy (non-hydrogen) atoms. The number of piperidine rings is 1. The Morgan fingerprint density at radius 1 is 1.30 bits per heavy atom. The third-order valence-corrected chi connectivity index (χ3v) is 4.11. The maximum Gasteiger partial charge on any atom is 0.222 e. The van der Waals surface area contributed by atoms with Crippen molar-refractivity contribution in [2.75, 3.05) is 18.0 Å². The number of nitrogens with one attached hydrogen (secondary N) is 1. The van der Waals surface area contributed by atoms with Crippen LogP contribution in [-0.2, 0) is 4.79 Å². The van der Waals surface area contributed by atoms with Crippen LogP contribution in [0, 0.1) is 11.8 Å². The van der Waals surface area contributed by atoms with E-state index in [9.17, 15) is 4.79 Å². The first-order valence-electron chi connectivity index (χ1n) is 7.70. The summed E-state index contributed by atoms with van der Waals surface area (Å²) in [5.41, 5.74) is 1.26. The van der Waals surface area contributed by atoms with E-state index < -0.39 is 0 Å². The Kier molecular flexibility index (Phi) is 5.05. The summed E-state index contributed by atoms with van der Waals surface area (Å²) in [5, 5.41) is 3.20. The topological polar surface area (TPSA) is 32.3 Å². The number of rotatable bonds is 4. The Morgan fingerprint density at radius 2 is 2.00 bits per heavy atom. The highest BCUT2D eigenvalue weighted by Gasteiger charge is 2.27. The fourth-order valence-electron chi connectivity index (χ4n) is 2.82. The molecule has 1 heterocycles. The molecule has 3 heteroatoms. The van der Waals surface area contributed by atoms with E-state index in [2.05, 4.69) is 41.4 Å². The molecule has 1 N–H and O–H groups in total. The summed E-state index contributed by atoms with van der Waals surface area (Å²) in [7, 11) is 0. The van der Waals surface area contributed by atoms with E-state index in [1.807, 2.05) is 19.9 Å². The smallest absolute Gasteiger partial charge is 0.222 e. The van der Waals surface area contributed by atoms with E-state index in [1.54, 1.807) is 0 Å². The minimum atomic E-state index is 0.0576. The molecule has 0 aliphatic carbocycles. The lowest BCUT2D eigenvalue weighted by Gasteiger charge is -2.39. The molecule has 1 aromatic carbocycles. The summed E-state index contributed by atoms with van der Waals surface area (Å²) in [6.07, 6.45) is 2.26. The van der Waals surface area contributed by atoms with Gasteiger partial charge in [0, 0.05) is 30.7 Å². The zero-order valence-corrected chi connectivity index (χ0v) is 12.8. The van der Waals surface area contributed by atoms with E-state index in [0.717, 1.165) is 25.9 Å². The van der Waals surface area contributed by atoms with E-state index >= 15 is 0 Å². The summed E-state index contributed by atoms with van der Waals surface area (Å²) < 4.78 is 0. The summed E-state index contributed by atoms with van der Waals surface area (Å²) >= 11 is 0. The first kappa shape index (κ1) is 14.9. The quantitative estimate of drug-likeness (QED) is 0.915. The van der Waals surface area contributed by atoms with Gasteiger partial charge in [-0.25, -0.2) is 0 Å². The number of carbonyl (C=O) groups excluding carboxylic acids is 1. The number of amides is 1. The van der Waals surface area contributed by atoms with Gasteiger partial charge >= 0.3 is 0 Å². The molecule has 1 aromatic rings. The number of hydrogen-bond donors (Lipinski definition) is 1. The van der Waals surface area contributed by atoms with Crippen LogP contribution in [0.1, 0.15) is 33.6 Å². The number of nitrogens with zero attached hydrogens (tertiary/aromatic N) is 1. The highest BCUT2D eigenvalue weighted by molar-refractivity contribution is 5.78. The number of hydrogen-bond acceptors (Lipinski definition) is 2. The van der Waals surface area contributed by atoms with Crippen molar-refractivity contribution in [1.82, 2.24) is 5.32 Å². The lowest BCUT2D eigenvalue weighted by molar-refractivity contribution is -0.124. The minimum Gasteiger partial charge on any atom is -0.369 e. The molecule has 0 spiro atoms. The highest BCUT2D eigenvalue weighted by atomic mass is 16.1. The van der Waals surface area contributed by atoms with Gasteiger partial charge in [-0.2, -0.15) is 0 Å². The Morgan fingerprint density at radius 3 is 2.60 bits per heavy atom. The van der Waals surface area contributed by atoms with E-state index in [0.29, 0.717) is 5.92 Å². The fourth-order valence-corrected chi connectivity index (χ4v) is 2.82. The first-order valence-corrected chi connectivity index (χ1v) is 7.70. The van der Waals surface area contributed by atoms with Crippen LogP contribution in [0.3, 0.4) is 0 Å². The Bertz CT molecular complexity index is 430. The van der Waals surface area contributed by atoms with Gasteiger partial charge in [-0.1, -0.05) is 45.4 Å². The first-order chi connectivity index (χ1) is 9.60. The van der Waals surface area contributed by atoms with Crippen molar-refractivity contribution in [3.8, 4) is 0 Å². The van der Waals surface area contributed by atoms with Crippen LogP contribution in [0.4, 0.5) is 5.69 Å². The Hall–Kier alpha value is -1.51. The van der Waals surface area contributed by atoms with Crippen molar-refractivity contribution < 1.29 is 4.79 Å². The maximum absolute atomic E-state index is 11.9. The van der Waals surface area contributed by atoms with Gasteiger partial charge in [-0.3, -0.25) is 4.79 Å². The van der Waals surface area contributed by atoms with Gasteiger partial charge < -0.3 is 10.2 Å². The lowest BCUT2D eigenvalue weighted by Crippen LogP contribution is -2.51. The van der Waals surface area contributed by atoms with Crippen LogP contribution in [0.15, 0.2) is 30.3 Å². The van der Waals surface area contributed by atoms with E-state index in [-0.39, 0.29) is 17.9 Å². The summed E-state index contributed by atoms with van der Waals surface area (Å²) in [4.78, 5) is 14.3. The molecule has 1 aliphatic heterocycles. The SMILES string of the molecule is CCC1CC(NC(=O)C(C)C)CN(c2ccccc2)C1. The van der Waals surface area contributed by atoms with Crippen LogP contribution in [-0.4, -0.2) is 25.0 Å². The van der Waals surface area contributed by atoms with Crippen LogP contribution in [0.25, 0.3) is 0 Å². The zero-order chi connectivity index (χ0) is 14.5. The molecule has 1 fully saturated rings. The van der Waals surface area contributed by atoms with Gasteiger partial charge in [0.25, 0.3) is 0 Å². The van der Waals surface area contributed by atoms with Gasteiger partial charge in [0.2, 0.25) is 5.91 Å². The molecule has 0 radical (unpaired) electrons. The highest BCUT2D eigenvalue weighted by Crippen LogP contribution is 2.25. The maximum atomic E-state index is 11.9. The van der Waals surface area contributed by atoms with Crippen molar-refractivity contribution >= 4 is 11.6 Å². The third-order valence-electron chi connectivity index (χ3n) is 4.11. The summed E-state index contributed by atoms with van der Waals surface area (Å²) in [6, 6.07) is 10.8. The molecule has 0 saturated carbocycles. The largest absolute Gasteiger partial charge is 0.369 e. The second-order valence-corrected chi connectivity index (χ2v) is 6.11. The summed E-state index contributed by atoms with van der Waals surface area (Å²) in [5.74, 6) is 0.878. The average Bonchev–Trinajstić information content (AvgIpc) is 2.47. The Balaban J connectivity index is 2.05. The molecule has 3 nitrogen and oxygen atoms in total.